The van der Waals surface area contributed by atoms with E-state index in [0.29, 0.717) is 0 Å². The minimum absolute atomic E-state index is 0.718. The molecule has 2 N–H and O–H groups in total. The molecule has 2 heterocycles. The van der Waals surface area contributed by atoms with Gasteiger partial charge in [-0.25, -0.2) is 4.68 Å². The van der Waals surface area contributed by atoms with Crippen LogP contribution in [0, 0.1) is 0 Å². The lowest BCUT2D eigenvalue weighted by Crippen LogP contribution is -1.99. The smallest absolute Gasteiger partial charge is 0.104 e. The Morgan fingerprint density at radius 3 is 2.88 bits per heavy atom. The summed E-state index contributed by atoms with van der Waals surface area (Å²) in [5.41, 5.74) is 8.39. The fourth-order valence-electron chi connectivity index (χ4n) is 1.67. The molecule has 0 unspecified atom stereocenters. The van der Waals surface area contributed by atoms with Gasteiger partial charge in [0.2, 0.25) is 0 Å². The van der Waals surface area contributed by atoms with E-state index in [-0.39, 0.29) is 0 Å². The maximum absolute atomic E-state index is 5.77. The number of anilines is 1. The monoisotopic (exact) mass is 242 g/mol. The van der Waals surface area contributed by atoms with E-state index in [4.69, 9.17) is 5.73 Å². The topological polar surface area (TPSA) is 56.7 Å². The van der Waals surface area contributed by atoms with Crippen molar-refractivity contribution >= 4 is 17.0 Å². The van der Waals surface area contributed by atoms with Crippen molar-refractivity contribution in [3.05, 3.63) is 48.0 Å². The first-order valence-corrected chi connectivity index (χ1v) is 6.03. The maximum Gasteiger partial charge on any atom is 0.104 e. The van der Waals surface area contributed by atoms with Crippen LogP contribution in [0.4, 0.5) is 5.69 Å². The first-order valence-electron chi connectivity index (χ1n) is 5.15. The van der Waals surface area contributed by atoms with Gasteiger partial charge in [0.15, 0.2) is 0 Å². The summed E-state index contributed by atoms with van der Waals surface area (Å²) >= 11 is 1.66. The molecule has 0 amide bonds. The number of hydrogen-bond acceptors (Lipinski definition) is 4. The molecule has 0 aliphatic heterocycles. The van der Waals surface area contributed by atoms with Crippen molar-refractivity contribution in [2.24, 2.45) is 0 Å². The van der Waals surface area contributed by atoms with Gasteiger partial charge in [0.1, 0.15) is 5.69 Å². The molecule has 3 rings (SSSR count). The fraction of sp³-hybridized carbons (Fsp3) is 0. The fourth-order valence-corrected chi connectivity index (χ4v) is 2.40. The van der Waals surface area contributed by atoms with Gasteiger partial charge in [-0.3, -0.25) is 0 Å². The lowest BCUT2D eigenvalue weighted by atomic mass is 10.2. The zero-order valence-electron chi connectivity index (χ0n) is 8.95. The van der Waals surface area contributed by atoms with E-state index in [2.05, 4.69) is 10.3 Å². The zero-order chi connectivity index (χ0) is 11.7. The van der Waals surface area contributed by atoms with Gasteiger partial charge >= 0.3 is 0 Å². The predicted molar refractivity (Wildman–Crippen MR) is 69.1 cm³/mol. The molecule has 2 aromatic heterocycles. The summed E-state index contributed by atoms with van der Waals surface area (Å²) in [7, 11) is 0. The van der Waals surface area contributed by atoms with Crippen LogP contribution in [0.15, 0.2) is 48.0 Å². The number of nitrogens with zero attached hydrogens (tertiary/aromatic N) is 3. The highest BCUT2D eigenvalue weighted by Crippen LogP contribution is 2.26. The molecule has 0 radical (unpaired) electrons. The lowest BCUT2D eigenvalue weighted by molar-refractivity contribution is 0.809. The normalized spacial score (nSPS) is 10.6. The Morgan fingerprint density at radius 2 is 2.12 bits per heavy atom. The minimum atomic E-state index is 0.718. The van der Waals surface area contributed by atoms with Gasteiger partial charge in [-0.1, -0.05) is 17.3 Å². The Kier molecular flexibility index (Phi) is 2.38. The van der Waals surface area contributed by atoms with Crippen molar-refractivity contribution in [3.63, 3.8) is 0 Å². The van der Waals surface area contributed by atoms with E-state index in [1.54, 1.807) is 22.2 Å². The Hall–Kier alpha value is -2.14. The lowest BCUT2D eigenvalue weighted by Gasteiger charge is -2.05. The molecule has 84 valence electrons. The van der Waals surface area contributed by atoms with Crippen LogP contribution in [0.5, 0.6) is 0 Å². The van der Waals surface area contributed by atoms with Gasteiger partial charge in [-0.15, -0.1) is 16.4 Å². The number of benzene rings is 1. The number of thiophene rings is 1. The third-order valence-electron chi connectivity index (χ3n) is 2.44. The standard InChI is InChI=1S/C12H10N4S/c13-9-3-1-4-10(7-9)16-11(8-14-15-16)12-5-2-6-17-12/h1-8H,13H2. The number of nitrogens with two attached hydrogens (primary N) is 1. The molecule has 5 heteroatoms. The molecule has 1 aromatic carbocycles. The van der Waals surface area contributed by atoms with Crippen molar-refractivity contribution in [2.75, 3.05) is 5.73 Å². The maximum atomic E-state index is 5.77. The number of nitrogen functional groups attached to an aromatic ring is 1. The highest BCUT2D eigenvalue weighted by molar-refractivity contribution is 7.13. The van der Waals surface area contributed by atoms with Crippen molar-refractivity contribution in [1.82, 2.24) is 15.0 Å². The number of aromatic nitrogens is 3. The van der Waals surface area contributed by atoms with E-state index in [1.807, 2.05) is 41.8 Å². The molecule has 0 fully saturated rings. The average Bonchev–Trinajstić information content (AvgIpc) is 3.00. The van der Waals surface area contributed by atoms with E-state index in [1.165, 1.54) is 0 Å². The van der Waals surface area contributed by atoms with Crippen LogP contribution in [-0.4, -0.2) is 15.0 Å². The van der Waals surface area contributed by atoms with Crippen LogP contribution in [0.2, 0.25) is 0 Å². The van der Waals surface area contributed by atoms with Crippen LogP contribution >= 0.6 is 11.3 Å². The van der Waals surface area contributed by atoms with Crippen molar-refractivity contribution < 1.29 is 0 Å². The molecule has 0 saturated heterocycles. The molecule has 0 aliphatic rings. The predicted octanol–water partition coefficient (Wildman–Crippen LogP) is 2.58. The van der Waals surface area contributed by atoms with Gasteiger partial charge in [-0.05, 0) is 29.6 Å². The van der Waals surface area contributed by atoms with E-state index < -0.39 is 0 Å². The van der Waals surface area contributed by atoms with Crippen LogP contribution < -0.4 is 5.73 Å². The minimum Gasteiger partial charge on any atom is -0.399 e. The van der Waals surface area contributed by atoms with E-state index in [0.717, 1.165) is 21.9 Å². The van der Waals surface area contributed by atoms with E-state index in [9.17, 15) is 0 Å². The molecule has 0 spiro atoms. The van der Waals surface area contributed by atoms with Crippen molar-refractivity contribution in [2.45, 2.75) is 0 Å². The highest BCUT2D eigenvalue weighted by Gasteiger charge is 2.09. The molecule has 4 nitrogen and oxygen atoms in total. The Bertz CT molecular complexity index is 628. The summed E-state index contributed by atoms with van der Waals surface area (Å²) in [5, 5.41) is 10.1. The van der Waals surface area contributed by atoms with Crippen LogP contribution in [0.1, 0.15) is 0 Å². The van der Waals surface area contributed by atoms with Gasteiger partial charge in [0.25, 0.3) is 0 Å². The van der Waals surface area contributed by atoms with Crippen LogP contribution in [-0.2, 0) is 0 Å². The van der Waals surface area contributed by atoms with E-state index >= 15 is 0 Å². The summed E-state index contributed by atoms with van der Waals surface area (Å²) in [4.78, 5) is 1.14. The summed E-state index contributed by atoms with van der Waals surface area (Å²) < 4.78 is 1.79. The number of hydrogen-bond donors (Lipinski definition) is 1. The second-order valence-corrected chi connectivity index (χ2v) is 4.55. The van der Waals surface area contributed by atoms with Crippen LogP contribution in [0.25, 0.3) is 16.3 Å². The van der Waals surface area contributed by atoms with Crippen LogP contribution in [0.3, 0.4) is 0 Å². The molecular weight excluding hydrogens is 232 g/mol. The van der Waals surface area contributed by atoms with Gasteiger partial charge < -0.3 is 5.73 Å². The van der Waals surface area contributed by atoms with Crippen molar-refractivity contribution in [3.8, 4) is 16.3 Å². The molecule has 0 aliphatic carbocycles. The second-order valence-electron chi connectivity index (χ2n) is 3.60. The molecule has 0 bridgehead atoms. The van der Waals surface area contributed by atoms with Gasteiger partial charge in [0, 0.05) is 5.69 Å². The third kappa shape index (κ3) is 1.81. The number of rotatable bonds is 2. The summed E-state index contributed by atoms with van der Waals surface area (Å²) in [6, 6.07) is 11.7. The first-order chi connectivity index (χ1) is 8.34. The summed E-state index contributed by atoms with van der Waals surface area (Å²) in [6.07, 6.45) is 1.76. The Labute approximate surface area is 102 Å². The molecular formula is C12H10N4S. The average molecular weight is 242 g/mol. The van der Waals surface area contributed by atoms with Gasteiger partial charge in [0.05, 0.1) is 16.8 Å². The Morgan fingerprint density at radius 1 is 1.18 bits per heavy atom. The zero-order valence-corrected chi connectivity index (χ0v) is 9.76. The summed E-state index contributed by atoms with van der Waals surface area (Å²) in [5.74, 6) is 0. The third-order valence-corrected chi connectivity index (χ3v) is 3.33. The Balaban J connectivity index is 2.14. The quantitative estimate of drug-likeness (QED) is 0.703. The first kappa shape index (κ1) is 10.0. The largest absolute Gasteiger partial charge is 0.399 e. The SMILES string of the molecule is Nc1cccc(-n2nncc2-c2cccs2)c1. The molecule has 0 saturated carbocycles. The van der Waals surface area contributed by atoms with Gasteiger partial charge in [-0.2, -0.15) is 0 Å². The van der Waals surface area contributed by atoms with Crippen molar-refractivity contribution in [1.29, 1.82) is 0 Å². The summed E-state index contributed by atoms with van der Waals surface area (Å²) in [6.45, 7) is 0. The highest BCUT2D eigenvalue weighted by atomic mass is 32.1. The molecule has 17 heavy (non-hydrogen) atoms. The molecule has 0 atom stereocenters. The second kappa shape index (κ2) is 4.03. The molecule has 3 aromatic rings.